The number of rotatable bonds is 6. The Morgan fingerprint density at radius 1 is 1.27 bits per heavy atom. The zero-order chi connectivity index (χ0) is 15.2. The van der Waals surface area contributed by atoms with Crippen molar-refractivity contribution >= 4 is 16.7 Å². The maximum Gasteiger partial charge on any atom is 0.202 e. The molecule has 0 aliphatic carbocycles. The monoisotopic (exact) mass is 320 g/mol. The second-order valence-electron chi connectivity index (χ2n) is 5.24. The number of β-amino-alcohol motifs (C(OH)–C–C–N with tert-alkyl or cyclic N) is 1. The lowest BCUT2D eigenvalue weighted by Crippen LogP contribution is -2.42. The van der Waals surface area contributed by atoms with Gasteiger partial charge < -0.3 is 15.2 Å². The summed E-state index contributed by atoms with van der Waals surface area (Å²) in [5.74, 6) is 0.718. The van der Waals surface area contributed by atoms with Crippen molar-refractivity contribution in [1.82, 2.24) is 14.3 Å². The van der Waals surface area contributed by atoms with Gasteiger partial charge in [0, 0.05) is 43.3 Å². The summed E-state index contributed by atoms with van der Waals surface area (Å²) in [5, 5.41) is 14.0. The first-order valence-corrected chi connectivity index (χ1v) is 8.20. The van der Waals surface area contributed by atoms with E-state index in [1.54, 1.807) is 0 Å². The van der Waals surface area contributed by atoms with Crippen LogP contribution in [-0.4, -0.2) is 64.9 Å². The third kappa shape index (κ3) is 4.23. The number of anilines is 1. The molecule has 1 atom stereocenters. The van der Waals surface area contributed by atoms with E-state index in [1.807, 2.05) is 30.3 Å². The number of aromatic nitrogens is 2. The van der Waals surface area contributed by atoms with Crippen LogP contribution in [0.25, 0.3) is 11.4 Å². The quantitative estimate of drug-likeness (QED) is 0.836. The van der Waals surface area contributed by atoms with Crippen molar-refractivity contribution in [3.8, 4) is 11.4 Å². The smallest absolute Gasteiger partial charge is 0.202 e. The molecule has 7 heteroatoms. The predicted molar refractivity (Wildman–Crippen MR) is 87.1 cm³/mol. The molecular formula is C15H20N4O2S. The van der Waals surface area contributed by atoms with Crippen LogP contribution in [0.5, 0.6) is 0 Å². The van der Waals surface area contributed by atoms with Gasteiger partial charge in [-0.2, -0.15) is 9.36 Å². The molecule has 118 valence electrons. The third-order valence-corrected chi connectivity index (χ3v) is 4.19. The van der Waals surface area contributed by atoms with Crippen molar-refractivity contribution in [2.75, 3.05) is 44.7 Å². The first-order valence-electron chi connectivity index (χ1n) is 7.42. The Labute approximate surface area is 133 Å². The van der Waals surface area contributed by atoms with Gasteiger partial charge in [-0.15, -0.1) is 0 Å². The number of nitrogens with one attached hydrogen (secondary N) is 1. The number of benzene rings is 1. The Hall–Kier alpha value is -1.54. The Morgan fingerprint density at radius 3 is 2.82 bits per heavy atom. The summed E-state index contributed by atoms with van der Waals surface area (Å²) < 4.78 is 9.64. The highest BCUT2D eigenvalue weighted by Gasteiger charge is 2.15. The number of morpholine rings is 1. The van der Waals surface area contributed by atoms with E-state index in [0.717, 1.165) is 42.8 Å². The molecule has 2 heterocycles. The van der Waals surface area contributed by atoms with Crippen LogP contribution in [0, 0.1) is 0 Å². The molecule has 2 N–H and O–H groups in total. The van der Waals surface area contributed by atoms with Gasteiger partial charge in [-0.05, 0) is 0 Å². The van der Waals surface area contributed by atoms with Gasteiger partial charge in [0.1, 0.15) is 0 Å². The molecule has 22 heavy (non-hydrogen) atoms. The fourth-order valence-corrected chi connectivity index (χ4v) is 2.95. The van der Waals surface area contributed by atoms with Crippen LogP contribution < -0.4 is 5.32 Å². The lowest BCUT2D eigenvalue weighted by Gasteiger charge is -2.28. The number of aliphatic hydroxyl groups excluding tert-OH is 1. The van der Waals surface area contributed by atoms with Crippen molar-refractivity contribution in [3.63, 3.8) is 0 Å². The molecule has 1 aromatic carbocycles. The van der Waals surface area contributed by atoms with Crippen LogP contribution in [0.1, 0.15) is 0 Å². The fraction of sp³-hybridized carbons (Fsp3) is 0.467. The average molecular weight is 320 g/mol. The van der Waals surface area contributed by atoms with E-state index in [2.05, 4.69) is 19.6 Å². The highest BCUT2D eigenvalue weighted by atomic mass is 32.1. The minimum Gasteiger partial charge on any atom is -0.390 e. The lowest BCUT2D eigenvalue weighted by molar-refractivity contribution is 0.0171. The van der Waals surface area contributed by atoms with Gasteiger partial charge in [0.05, 0.1) is 19.3 Å². The Bertz CT molecular complexity index is 572. The topological polar surface area (TPSA) is 70.5 Å². The Morgan fingerprint density at radius 2 is 2.05 bits per heavy atom. The zero-order valence-electron chi connectivity index (χ0n) is 12.3. The van der Waals surface area contributed by atoms with Crippen LogP contribution in [0.15, 0.2) is 30.3 Å². The number of hydrogen-bond acceptors (Lipinski definition) is 7. The van der Waals surface area contributed by atoms with E-state index in [9.17, 15) is 5.11 Å². The predicted octanol–water partition coefficient (Wildman–Crippen LogP) is 1.31. The highest BCUT2D eigenvalue weighted by Crippen LogP contribution is 2.20. The molecule has 0 saturated carbocycles. The summed E-state index contributed by atoms with van der Waals surface area (Å²) in [6, 6.07) is 9.88. The fourth-order valence-electron chi connectivity index (χ4n) is 2.35. The molecule has 1 aliphatic heterocycles. The highest BCUT2D eigenvalue weighted by molar-refractivity contribution is 7.09. The molecule has 2 aromatic rings. The minimum atomic E-state index is -0.429. The molecule has 0 bridgehead atoms. The van der Waals surface area contributed by atoms with Crippen molar-refractivity contribution in [2.24, 2.45) is 0 Å². The molecular weight excluding hydrogens is 300 g/mol. The van der Waals surface area contributed by atoms with E-state index >= 15 is 0 Å². The Kier molecular flexibility index (Phi) is 5.33. The summed E-state index contributed by atoms with van der Waals surface area (Å²) in [6.07, 6.45) is -0.429. The van der Waals surface area contributed by atoms with E-state index < -0.39 is 6.10 Å². The summed E-state index contributed by atoms with van der Waals surface area (Å²) in [5.41, 5.74) is 1.00. The lowest BCUT2D eigenvalue weighted by atomic mass is 10.2. The molecule has 6 nitrogen and oxygen atoms in total. The Balaban J connectivity index is 1.48. The van der Waals surface area contributed by atoms with Gasteiger partial charge in [-0.1, -0.05) is 30.3 Å². The average Bonchev–Trinajstić information content (AvgIpc) is 3.04. The van der Waals surface area contributed by atoms with Crippen molar-refractivity contribution in [1.29, 1.82) is 0 Å². The van der Waals surface area contributed by atoms with E-state index in [4.69, 9.17) is 4.74 Å². The summed E-state index contributed by atoms with van der Waals surface area (Å²) in [6.45, 7) is 4.39. The van der Waals surface area contributed by atoms with Gasteiger partial charge >= 0.3 is 0 Å². The maximum atomic E-state index is 10.1. The summed E-state index contributed by atoms with van der Waals surface area (Å²) >= 11 is 1.32. The second-order valence-corrected chi connectivity index (χ2v) is 5.99. The number of aliphatic hydroxyl groups is 1. The largest absolute Gasteiger partial charge is 0.390 e. The SMILES string of the molecule is OC(CNc1nc(-c2ccccc2)ns1)CN1CCOCC1. The molecule has 1 unspecified atom stereocenters. The van der Waals surface area contributed by atoms with Gasteiger partial charge in [-0.25, -0.2) is 0 Å². The summed E-state index contributed by atoms with van der Waals surface area (Å²) in [4.78, 5) is 6.66. The number of nitrogens with zero attached hydrogens (tertiary/aromatic N) is 3. The first kappa shape index (κ1) is 15.4. The van der Waals surface area contributed by atoms with Crippen LogP contribution >= 0.6 is 11.5 Å². The van der Waals surface area contributed by atoms with Gasteiger partial charge in [0.25, 0.3) is 0 Å². The number of hydrogen-bond donors (Lipinski definition) is 2. The molecule has 1 saturated heterocycles. The molecule has 0 radical (unpaired) electrons. The van der Waals surface area contributed by atoms with E-state index in [0.29, 0.717) is 13.1 Å². The molecule has 1 aliphatic rings. The van der Waals surface area contributed by atoms with E-state index in [1.165, 1.54) is 11.5 Å². The molecule has 3 rings (SSSR count). The molecule has 0 spiro atoms. The standard InChI is InChI=1S/C15H20N4O2S/c20-13(11-19-6-8-21-9-7-19)10-16-15-17-14(18-22-15)12-4-2-1-3-5-12/h1-5,13,20H,6-11H2,(H,16,17,18). The van der Waals surface area contributed by atoms with E-state index in [-0.39, 0.29) is 0 Å². The maximum absolute atomic E-state index is 10.1. The normalized spacial score (nSPS) is 17.3. The zero-order valence-corrected chi connectivity index (χ0v) is 13.1. The second kappa shape index (κ2) is 7.64. The van der Waals surface area contributed by atoms with Crippen LogP contribution in [0.3, 0.4) is 0 Å². The van der Waals surface area contributed by atoms with Gasteiger partial charge in [0.2, 0.25) is 5.13 Å². The summed E-state index contributed by atoms with van der Waals surface area (Å²) in [7, 11) is 0. The van der Waals surface area contributed by atoms with Gasteiger partial charge in [-0.3, -0.25) is 4.90 Å². The van der Waals surface area contributed by atoms with Crippen LogP contribution in [0.4, 0.5) is 5.13 Å². The van der Waals surface area contributed by atoms with Crippen LogP contribution in [0.2, 0.25) is 0 Å². The number of ether oxygens (including phenoxy) is 1. The third-order valence-electron chi connectivity index (χ3n) is 3.52. The minimum absolute atomic E-state index is 0.429. The molecule has 1 fully saturated rings. The van der Waals surface area contributed by atoms with Crippen LogP contribution in [-0.2, 0) is 4.74 Å². The molecule has 0 amide bonds. The van der Waals surface area contributed by atoms with Crippen molar-refractivity contribution < 1.29 is 9.84 Å². The first-order chi connectivity index (χ1) is 10.8. The van der Waals surface area contributed by atoms with Crippen molar-refractivity contribution in [2.45, 2.75) is 6.10 Å². The van der Waals surface area contributed by atoms with Crippen molar-refractivity contribution in [3.05, 3.63) is 30.3 Å². The molecule has 1 aromatic heterocycles. The van der Waals surface area contributed by atoms with Gasteiger partial charge in [0.15, 0.2) is 5.82 Å².